The van der Waals surface area contributed by atoms with Gasteiger partial charge < -0.3 is 0 Å². The van der Waals surface area contributed by atoms with Gasteiger partial charge in [-0.05, 0) is 163 Å². The maximum absolute atomic E-state index is 3.62. The second-order valence-corrected chi connectivity index (χ2v) is 24.4. The molecule has 8 fully saturated rings. The van der Waals surface area contributed by atoms with Crippen molar-refractivity contribution in [1.82, 2.24) is 0 Å². The lowest BCUT2D eigenvalue weighted by Gasteiger charge is -2.67. The highest BCUT2D eigenvalue weighted by atomic mass is 31.1. The molecule has 0 heterocycles. The van der Waals surface area contributed by atoms with Crippen molar-refractivity contribution >= 4 is 15.8 Å². The van der Waals surface area contributed by atoms with Crippen molar-refractivity contribution in [1.29, 1.82) is 0 Å². The van der Waals surface area contributed by atoms with Crippen LogP contribution in [0.1, 0.15) is 130 Å². The predicted molar refractivity (Wildman–Crippen MR) is 168 cm³/mol. The molecule has 209 valence electrons. The lowest BCUT2D eigenvalue weighted by molar-refractivity contribution is 0.0184. The third-order valence-electron chi connectivity index (χ3n) is 12.5. The fourth-order valence-corrected chi connectivity index (χ4v) is 21.0. The lowest BCUT2D eigenvalue weighted by atomic mass is 9.55. The molecule has 1 radical (unpaired) electrons. The van der Waals surface area contributed by atoms with Gasteiger partial charge >= 0.3 is 0 Å². The Labute approximate surface area is 237 Å². The predicted octanol–water partition coefficient (Wildman–Crippen LogP) is 11.0. The summed E-state index contributed by atoms with van der Waals surface area (Å²) in [6.45, 7) is 15.1. The summed E-state index contributed by atoms with van der Waals surface area (Å²) in [4.78, 5) is 0. The van der Waals surface area contributed by atoms with Gasteiger partial charge in [0.25, 0.3) is 0 Å². The molecule has 0 saturated heterocycles. The highest BCUT2D eigenvalue weighted by molar-refractivity contribution is 7.60. The van der Waals surface area contributed by atoms with E-state index in [-0.39, 0.29) is 15.8 Å². The van der Waals surface area contributed by atoms with Crippen LogP contribution in [0.4, 0.5) is 0 Å². The third kappa shape index (κ3) is 4.71. The average molecular weight is 550 g/mol. The second kappa shape index (κ2) is 9.29. The molecule has 0 amide bonds. The van der Waals surface area contributed by atoms with Gasteiger partial charge in [0, 0.05) is 0 Å². The standard InChI is InChI=1S/C36H55P2/c1-33(2,3)37(34(4,5)6)23-31-9-7-8-10-32(31)24-38(35-17-25-11-26(18-35)13-27(12-25)19-35)36-20-28-14-29(21-36)16-30(15-28)22-36/h7,9-10,25-30H,11-24H2,1-6H3. The van der Waals surface area contributed by atoms with Crippen LogP contribution >= 0.6 is 15.8 Å². The summed E-state index contributed by atoms with van der Waals surface area (Å²) in [5.74, 6) is 6.48. The minimum atomic E-state index is -0.121. The quantitative estimate of drug-likeness (QED) is 0.310. The smallest absolute Gasteiger partial charge is 0.00600 e. The summed E-state index contributed by atoms with van der Waals surface area (Å²) in [7, 11) is -0.116. The molecular formula is C36H55P2. The van der Waals surface area contributed by atoms with E-state index in [1.54, 1.807) is 88.2 Å². The SMILES string of the molecule is CC(C)(C)P(Cc1cc[c]cc1CP(C12CC3CC(CC(C3)C1)C2)C12CC3CC(CC(C3)C1)C2)C(C)(C)C. The first kappa shape index (κ1) is 26.9. The Hall–Kier alpha value is 0.0800. The maximum Gasteiger partial charge on any atom is -0.00600 e. The summed E-state index contributed by atoms with van der Waals surface area (Å²) in [5, 5.41) is 2.22. The molecule has 38 heavy (non-hydrogen) atoms. The van der Waals surface area contributed by atoms with Crippen LogP contribution in [0, 0.1) is 41.6 Å². The van der Waals surface area contributed by atoms with Gasteiger partial charge in [-0.25, -0.2) is 0 Å². The van der Waals surface area contributed by atoms with Crippen LogP contribution in [-0.4, -0.2) is 20.6 Å². The van der Waals surface area contributed by atoms with Gasteiger partial charge in [-0.1, -0.05) is 75.6 Å². The largest absolute Gasteiger partial charge is 0.0911 e. The Morgan fingerprint density at radius 3 is 1.39 bits per heavy atom. The molecule has 8 aliphatic rings. The molecule has 8 aliphatic carbocycles. The van der Waals surface area contributed by atoms with E-state index in [1.807, 2.05) is 0 Å². The van der Waals surface area contributed by atoms with Crippen LogP contribution in [0.3, 0.4) is 0 Å². The Kier molecular flexibility index (Phi) is 6.59. The normalized spacial score (nSPS) is 42.3. The van der Waals surface area contributed by atoms with E-state index in [0.29, 0.717) is 10.3 Å². The van der Waals surface area contributed by atoms with Gasteiger partial charge in [-0.2, -0.15) is 0 Å². The van der Waals surface area contributed by atoms with E-state index in [1.165, 1.54) is 12.3 Å². The Morgan fingerprint density at radius 1 is 0.632 bits per heavy atom. The Balaban J connectivity index is 1.27. The molecule has 0 aliphatic heterocycles. The van der Waals surface area contributed by atoms with Crippen molar-refractivity contribution in [2.45, 2.75) is 152 Å². The monoisotopic (exact) mass is 549 g/mol. The molecule has 0 unspecified atom stereocenters. The van der Waals surface area contributed by atoms with Crippen LogP contribution in [0.25, 0.3) is 0 Å². The minimum Gasteiger partial charge on any atom is -0.0911 e. The van der Waals surface area contributed by atoms with Crippen LogP contribution < -0.4 is 0 Å². The van der Waals surface area contributed by atoms with Gasteiger partial charge in [-0.15, -0.1) is 0 Å². The molecule has 0 atom stereocenters. The average Bonchev–Trinajstić information content (AvgIpc) is 2.78. The molecule has 2 heteroatoms. The van der Waals surface area contributed by atoms with Gasteiger partial charge in [0.05, 0.1) is 0 Å². The molecule has 1 aromatic rings. The number of rotatable bonds is 6. The molecule has 8 saturated carbocycles. The zero-order valence-electron chi connectivity index (χ0n) is 25.5. The van der Waals surface area contributed by atoms with Gasteiger partial charge in [-0.3, -0.25) is 0 Å². The van der Waals surface area contributed by atoms with Crippen molar-refractivity contribution in [2.24, 2.45) is 35.5 Å². The summed E-state index contributed by atoms with van der Waals surface area (Å²) in [6.07, 6.45) is 22.0. The number of hydrogen-bond donors (Lipinski definition) is 0. The summed E-state index contributed by atoms with van der Waals surface area (Å²) in [6, 6.07) is 10.9. The Bertz CT molecular complexity index is 910. The summed E-state index contributed by atoms with van der Waals surface area (Å²) in [5.41, 5.74) is 3.45. The Morgan fingerprint density at radius 2 is 1.03 bits per heavy atom. The first-order valence-electron chi connectivity index (χ1n) is 16.4. The second-order valence-electron chi connectivity index (χ2n) is 17.5. The van der Waals surface area contributed by atoms with Crippen molar-refractivity contribution < 1.29 is 0 Å². The van der Waals surface area contributed by atoms with E-state index in [0.717, 1.165) is 45.8 Å². The van der Waals surface area contributed by atoms with Crippen LogP contribution in [-0.2, 0) is 12.3 Å². The minimum absolute atomic E-state index is 0.00467. The fraction of sp³-hybridized carbons (Fsp3) is 0.833. The van der Waals surface area contributed by atoms with E-state index >= 15 is 0 Å². The number of benzene rings is 1. The van der Waals surface area contributed by atoms with Crippen LogP contribution in [0.5, 0.6) is 0 Å². The molecule has 0 N–H and O–H groups in total. The van der Waals surface area contributed by atoms with Gasteiger partial charge in [0.2, 0.25) is 0 Å². The van der Waals surface area contributed by atoms with Crippen molar-refractivity contribution in [3.05, 3.63) is 35.4 Å². The number of hydrogen-bond acceptors (Lipinski definition) is 0. The maximum atomic E-state index is 3.62. The van der Waals surface area contributed by atoms with Crippen molar-refractivity contribution in [3.63, 3.8) is 0 Å². The zero-order chi connectivity index (χ0) is 26.5. The van der Waals surface area contributed by atoms with Crippen molar-refractivity contribution in [3.8, 4) is 0 Å². The van der Waals surface area contributed by atoms with Gasteiger partial charge in [0.1, 0.15) is 0 Å². The fourth-order valence-electron chi connectivity index (χ4n) is 12.2. The molecule has 0 nitrogen and oxygen atoms in total. The van der Waals surface area contributed by atoms with E-state index in [4.69, 9.17) is 0 Å². The molecular weight excluding hydrogens is 494 g/mol. The van der Waals surface area contributed by atoms with E-state index in [2.05, 4.69) is 65.8 Å². The van der Waals surface area contributed by atoms with Crippen LogP contribution in [0.2, 0.25) is 0 Å². The highest BCUT2D eigenvalue weighted by Gasteiger charge is 2.62. The molecule has 0 spiro atoms. The molecule has 0 aromatic heterocycles. The van der Waals surface area contributed by atoms with Crippen LogP contribution in [0.15, 0.2) is 18.2 Å². The highest BCUT2D eigenvalue weighted by Crippen LogP contribution is 2.79. The van der Waals surface area contributed by atoms with E-state index in [9.17, 15) is 0 Å². The van der Waals surface area contributed by atoms with E-state index < -0.39 is 0 Å². The van der Waals surface area contributed by atoms with Gasteiger partial charge in [0.15, 0.2) is 0 Å². The first-order valence-corrected chi connectivity index (χ1v) is 19.5. The lowest BCUT2D eigenvalue weighted by Crippen LogP contribution is -2.56. The third-order valence-corrected chi connectivity index (χ3v) is 20.4. The molecule has 1 aromatic carbocycles. The van der Waals surface area contributed by atoms with Crippen molar-refractivity contribution in [2.75, 3.05) is 0 Å². The zero-order valence-corrected chi connectivity index (χ0v) is 27.3. The molecule has 9 rings (SSSR count). The summed E-state index contributed by atoms with van der Waals surface area (Å²) >= 11 is 0. The summed E-state index contributed by atoms with van der Waals surface area (Å²) < 4.78 is 0. The topological polar surface area (TPSA) is 0 Å². The first-order chi connectivity index (χ1) is 17.9. The molecule has 8 bridgehead atoms.